The zero-order chi connectivity index (χ0) is 10.1. The van der Waals surface area contributed by atoms with Crippen LogP contribution in [0.2, 0.25) is 0 Å². The lowest BCUT2D eigenvalue weighted by atomic mass is 10.3. The summed E-state index contributed by atoms with van der Waals surface area (Å²) in [5, 5.41) is 23.5. The van der Waals surface area contributed by atoms with E-state index in [2.05, 4.69) is 5.73 Å². The van der Waals surface area contributed by atoms with Crippen LogP contribution in [0.1, 0.15) is 0 Å². The van der Waals surface area contributed by atoms with Gasteiger partial charge in [0.15, 0.2) is 0 Å². The summed E-state index contributed by atoms with van der Waals surface area (Å²) in [6.45, 7) is -0.782. The Hall–Kier alpha value is -0.750. The number of aliphatic hydroxyl groups is 1. The molecule has 0 amide bonds. The summed E-state index contributed by atoms with van der Waals surface area (Å²) in [4.78, 5) is 18.9. The third-order valence-electron chi connectivity index (χ3n) is 0.689. The minimum absolute atomic E-state index is 0. The second kappa shape index (κ2) is 11.2. The maximum atomic E-state index is 9.65. The van der Waals surface area contributed by atoms with Crippen LogP contribution in [-0.4, -0.2) is 46.5 Å². The highest BCUT2D eigenvalue weighted by molar-refractivity contribution is 6.92. The highest BCUT2D eigenvalue weighted by Gasteiger charge is 2.06. The van der Waals surface area contributed by atoms with Gasteiger partial charge < -0.3 is 26.8 Å². The molecule has 7 nitrogen and oxygen atoms in total. The molecule has 0 heterocycles. The quantitative estimate of drug-likeness (QED) is 0.325. The molecule has 80 valence electrons. The van der Waals surface area contributed by atoms with Crippen LogP contribution < -0.4 is 11.5 Å². The maximum Gasteiger partial charge on any atom is 0.322 e. The maximum absolute atomic E-state index is 9.65. The third kappa shape index (κ3) is 18.3. The van der Waals surface area contributed by atoms with Crippen molar-refractivity contribution >= 4 is 21.8 Å². The van der Waals surface area contributed by atoms with E-state index in [4.69, 9.17) is 21.1 Å². The smallest absolute Gasteiger partial charge is 0.322 e. The number of aliphatic carboxylic acids is 2. The highest BCUT2D eigenvalue weighted by Crippen LogP contribution is 1.71. The molecule has 8 heteroatoms. The molecule has 13 heavy (non-hydrogen) atoms. The van der Waals surface area contributed by atoms with Gasteiger partial charge in [-0.2, -0.15) is 9.90 Å². The molecule has 0 aromatic rings. The predicted molar refractivity (Wildman–Crippen MR) is 50.5 cm³/mol. The van der Waals surface area contributed by atoms with Crippen molar-refractivity contribution < 1.29 is 24.9 Å². The van der Waals surface area contributed by atoms with Crippen molar-refractivity contribution in [2.75, 3.05) is 13.2 Å². The van der Waals surface area contributed by atoms with E-state index in [1.165, 1.54) is 0 Å². The zero-order valence-corrected chi connectivity index (χ0v) is 8.43. The van der Waals surface area contributed by atoms with E-state index < -0.39 is 24.6 Å². The van der Waals surface area contributed by atoms with Crippen LogP contribution in [0, 0.1) is 0 Å². The molecule has 0 spiro atoms. The van der Waals surface area contributed by atoms with Gasteiger partial charge in [0.25, 0.3) is 0 Å². The van der Waals surface area contributed by atoms with Gasteiger partial charge in [0, 0.05) is 0 Å². The molecule has 0 aromatic heterocycles. The van der Waals surface area contributed by atoms with Crippen molar-refractivity contribution in [1.82, 2.24) is 0 Å². The van der Waals surface area contributed by atoms with Crippen LogP contribution in [0.25, 0.3) is 0 Å². The first-order valence-corrected chi connectivity index (χ1v) is 2.96. The SMILES string of the molecule is NCC(=O)O.N[C@@H](CO)C(=O)O.P. The van der Waals surface area contributed by atoms with E-state index in [0.717, 1.165) is 0 Å². The van der Waals surface area contributed by atoms with Crippen LogP contribution in [0.4, 0.5) is 0 Å². The summed E-state index contributed by atoms with van der Waals surface area (Å²) in [5.74, 6) is -2.15. The first-order valence-electron chi connectivity index (χ1n) is 2.96. The molecule has 0 fully saturated rings. The highest BCUT2D eigenvalue weighted by atomic mass is 31.0. The molecule has 0 radical (unpaired) electrons. The lowest BCUT2D eigenvalue weighted by Gasteiger charge is -1.96. The van der Waals surface area contributed by atoms with Crippen LogP contribution in [-0.2, 0) is 9.59 Å². The predicted octanol–water partition coefficient (Wildman–Crippen LogP) is -2.52. The van der Waals surface area contributed by atoms with Crippen LogP contribution >= 0.6 is 9.90 Å². The Labute approximate surface area is 78.3 Å². The van der Waals surface area contributed by atoms with E-state index >= 15 is 0 Å². The summed E-state index contributed by atoms with van der Waals surface area (Å²) >= 11 is 0. The van der Waals surface area contributed by atoms with E-state index in [1.807, 2.05) is 0 Å². The Morgan fingerprint density at radius 3 is 1.62 bits per heavy atom. The van der Waals surface area contributed by atoms with Crippen molar-refractivity contribution in [3.8, 4) is 0 Å². The second-order valence-electron chi connectivity index (χ2n) is 1.73. The van der Waals surface area contributed by atoms with Crippen molar-refractivity contribution in [2.45, 2.75) is 6.04 Å². The topological polar surface area (TPSA) is 147 Å². The summed E-state index contributed by atoms with van der Waals surface area (Å²) < 4.78 is 0. The molecule has 0 aliphatic carbocycles. The Morgan fingerprint density at radius 1 is 1.31 bits per heavy atom. The molecule has 0 rings (SSSR count). The van der Waals surface area contributed by atoms with E-state index in [-0.39, 0.29) is 16.4 Å². The molecular formula is C5H15N2O5P. The number of hydrogen-bond donors (Lipinski definition) is 5. The Morgan fingerprint density at radius 2 is 1.62 bits per heavy atom. The number of carboxylic acids is 2. The standard InChI is InChI=1S/C3H7NO3.C2H5NO2.H3P/c4-2(1-5)3(6)7;3-1-2(4)5;/h2,5H,1,4H2,(H,6,7);1,3H2,(H,4,5);1H3/t2-;;/m0../s1. The Bertz CT molecular complexity index is 154. The van der Waals surface area contributed by atoms with Crippen LogP contribution in [0.5, 0.6) is 0 Å². The number of rotatable bonds is 3. The zero-order valence-electron chi connectivity index (χ0n) is 7.01. The lowest BCUT2D eigenvalue weighted by molar-refractivity contribution is -0.139. The number of hydrogen-bond acceptors (Lipinski definition) is 5. The van der Waals surface area contributed by atoms with Gasteiger partial charge in [0.1, 0.15) is 6.04 Å². The fraction of sp³-hybridized carbons (Fsp3) is 0.600. The first-order chi connectivity index (χ1) is 5.45. The summed E-state index contributed by atoms with van der Waals surface area (Å²) in [7, 11) is 0. The average molecular weight is 214 g/mol. The average Bonchev–Trinajstić information content (AvgIpc) is 2.04. The number of carbonyl (C=O) groups is 2. The van der Waals surface area contributed by atoms with Gasteiger partial charge in [-0.15, -0.1) is 0 Å². The minimum Gasteiger partial charge on any atom is -0.480 e. The van der Waals surface area contributed by atoms with Crippen LogP contribution in [0.15, 0.2) is 0 Å². The van der Waals surface area contributed by atoms with Crippen LogP contribution in [0.3, 0.4) is 0 Å². The lowest BCUT2D eigenvalue weighted by Crippen LogP contribution is -2.33. The Balaban J connectivity index is -0.000000150. The fourth-order valence-corrected chi connectivity index (χ4v) is 0.0781. The monoisotopic (exact) mass is 214 g/mol. The summed E-state index contributed by atoms with van der Waals surface area (Å²) in [6.07, 6.45) is 0. The molecule has 7 N–H and O–H groups in total. The largest absolute Gasteiger partial charge is 0.480 e. The van der Waals surface area contributed by atoms with E-state index in [0.29, 0.717) is 0 Å². The molecule has 0 saturated heterocycles. The van der Waals surface area contributed by atoms with Gasteiger partial charge in [-0.1, -0.05) is 0 Å². The van der Waals surface area contributed by atoms with Gasteiger partial charge in [-0.25, -0.2) is 0 Å². The molecular weight excluding hydrogens is 199 g/mol. The third-order valence-corrected chi connectivity index (χ3v) is 0.689. The number of nitrogens with two attached hydrogens (primary N) is 2. The van der Waals surface area contributed by atoms with Gasteiger partial charge in [-0.3, -0.25) is 9.59 Å². The molecule has 0 bridgehead atoms. The Kier molecular flexibility index (Phi) is 15.7. The number of aliphatic hydroxyl groups excluding tert-OH is 1. The first kappa shape index (κ1) is 18.1. The van der Waals surface area contributed by atoms with E-state index in [9.17, 15) is 9.59 Å². The molecule has 0 saturated carbocycles. The normalized spacial score (nSPS) is 10.1. The molecule has 0 aliphatic rings. The van der Waals surface area contributed by atoms with Crippen molar-refractivity contribution in [3.63, 3.8) is 0 Å². The second-order valence-corrected chi connectivity index (χ2v) is 1.73. The summed E-state index contributed by atoms with van der Waals surface area (Å²) in [5.41, 5.74) is 9.34. The van der Waals surface area contributed by atoms with Gasteiger partial charge >= 0.3 is 11.9 Å². The van der Waals surface area contributed by atoms with Gasteiger partial charge in [-0.05, 0) is 0 Å². The molecule has 1 unspecified atom stereocenters. The van der Waals surface area contributed by atoms with Crippen molar-refractivity contribution in [2.24, 2.45) is 11.5 Å². The molecule has 0 aromatic carbocycles. The minimum atomic E-state index is -1.18. The van der Waals surface area contributed by atoms with Gasteiger partial charge in [0.2, 0.25) is 0 Å². The van der Waals surface area contributed by atoms with Gasteiger partial charge in [0.05, 0.1) is 13.2 Å². The van der Waals surface area contributed by atoms with Crippen molar-refractivity contribution in [1.29, 1.82) is 0 Å². The fourth-order valence-electron chi connectivity index (χ4n) is 0.0781. The van der Waals surface area contributed by atoms with Crippen molar-refractivity contribution in [3.05, 3.63) is 0 Å². The summed E-state index contributed by atoms with van der Waals surface area (Å²) in [6, 6.07) is -1.13. The van der Waals surface area contributed by atoms with E-state index in [1.54, 1.807) is 0 Å². The molecule has 0 aliphatic heterocycles. The molecule has 2 atom stereocenters. The number of carboxylic acid groups (broad SMARTS) is 2.